The summed E-state index contributed by atoms with van der Waals surface area (Å²) in [6, 6.07) is 4.22. The Bertz CT molecular complexity index is 746. The topological polar surface area (TPSA) is 49.7 Å². The van der Waals surface area contributed by atoms with Crippen LogP contribution in [-0.4, -0.2) is 48.6 Å². The molecule has 23 heavy (non-hydrogen) atoms. The van der Waals surface area contributed by atoms with Gasteiger partial charge in [0.1, 0.15) is 5.82 Å². The van der Waals surface area contributed by atoms with Crippen molar-refractivity contribution < 1.29 is 12.8 Å². The number of hydrogen-bond acceptors (Lipinski definition) is 5. The number of sulfone groups is 1. The van der Waals surface area contributed by atoms with E-state index in [0.29, 0.717) is 22.9 Å². The van der Waals surface area contributed by atoms with E-state index in [0.717, 1.165) is 5.17 Å². The second kappa shape index (κ2) is 6.45. The van der Waals surface area contributed by atoms with Crippen molar-refractivity contribution in [3.8, 4) is 0 Å². The van der Waals surface area contributed by atoms with Crippen LogP contribution in [0.5, 0.6) is 0 Å². The van der Waals surface area contributed by atoms with E-state index < -0.39 is 9.84 Å². The third-order valence-corrected chi connectivity index (χ3v) is 7.03. The van der Waals surface area contributed by atoms with Gasteiger partial charge in [-0.15, -0.1) is 6.58 Å². The molecule has 4 nitrogen and oxygen atoms in total. The third-order valence-electron chi connectivity index (χ3n) is 3.95. The minimum Gasteiger partial charge on any atom is -0.342 e. The van der Waals surface area contributed by atoms with Gasteiger partial charge in [-0.1, -0.05) is 35.5 Å². The quantitative estimate of drug-likeness (QED) is 0.760. The summed E-state index contributed by atoms with van der Waals surface area (Å²) in [5.41, 5.74) is 0.435. The Morgan fingerprint density at radius 3 is 2.96 bits per heavy atom. The number of aliphatic imine (C=N–C) groups is 1. The predicted molar refractivity (Wildman–Crippen MR) is 93.3 cm³/mol. The van der Waals surface area contributed by atoms with Crippen molar-refractivity contribution in [2.24, 2.45) is 4.99 Å². The van der Waals surface area contributed by atoms with Crippen LogP contribution in [0.2, 0.25) is 5.02 Å². The van der Waals surface area contributed by atoms with Gasteiger partial charge >= 0.3 is 0 Å². The number of hydrogen-bond donors (Lipinski definition) is 0. The lowest BCUT2D eigenvalue weighted by molar-refractivity contribution is 0.379. The normalized spacial score (nSPS) is 25.3. The fourth-order valence-corrected chi connectivity index (χ4v) is 6.21. The smallest absolute Gasteiger partial charge is 0.160 e. The molecule has 1 aromatic rings. The summed E-state index contributed by atoms with van der Waals surface area (Å²) in [4.78, 5) is 6.48. The van der Waals surface area contributed by atoms with E-state index in [1.54, 1.807) is 18.2 Å². The first kappa shape index (κ1) is 16.8. The molecule has 0 aromatic heterocycles. The van der Waals surface area contributed by atoms with Crippen LogP contribution in [0.1, 0.15) is 5.56 Å². The lowest BCUT2D eigenvalue weighted by atomic mass is 10.2. The molecule has 0 bridgehead atoms. The fourth-order valence-electron chi connectivity index (χ4n) is 2.87. The Hall–Kier alpha value is -1.05. The molecule has 124 valence electrons. The molecule has 8 heteroatoms. The van der Waals surface area contributed by atoms with Gasteiger partial charge in [-0.3, -0.25) is 4.99 Å². The predicted octanol–water partition coefficient (Wildman–Crippen LogP) is 2.74. The first-order chi connectivity index (χ1) is 10.9. The van der Waals surface area contributed by atoms with Crippen LogP contribution in [0.15, 0.2) is 35.8 Å². The monoisotopic (exact) mass is 374 g/mol. The zero-order valence-corrected chi connectivity index (χ0v) is 14.7. The van der Waals surface area contributed by atoms with Crippen LogP contribution in [0.4, 0.5) is 4.39 Å². The molecular weight excluding hydrogens is 359 g/mol. The standard InChI is InChI=1S/C15H16ClFN2O2S2/c1-2-6-19-14-9-23(20,21)8-13(14)18-15(19)22-7-10-11(16)4-3-5-12(10)17/h2-5,13-14H,1,6-9H2. The molecule has 0 aliphatic carbocycles. The van der Waals surface area contributed by atoms with Crippen molar-refractivity contribution in [3.05, 3.63) is 47.3 Å². The highest BCUT2D eigenvalue weighted by atomic mass is 35.5. The molecule has 0 N–H and O–H groups in total. The highest BCUT2D eigenvalue weighted by molar-refractivity contribution is 8.13. The van der Waals surface area contributed by atoms with Crippen molar-refractivity contribution in [3.63, 3.8) is 0 Å². The Balaban J connectivity index is 1.78. The van der Waals surface area contributed by atoms with Crippen LogP contribution >= 0.6 is 23.4 Å². The van der Waals surface area contributed by atoms with E-state index in [1.807, 2.05) is 4.90 Å². The van der Waals surface area contributed by atoms with E-state index >= 15 is 0 Å². The van der Waals surface area contributed by atoms with Crippen LogP contribution in [0, 0.1) is 5.82 Å². The maximum atomic E-state index is 13.9. The van der Waals surface area contributed by atoms with Gasteiger partial charge in [0, 0.05) is 22.9 Å². The van der Waals surface area contributed by atoms with E-state index in [1.165, 1.54) is 17.8 Å². The average Bonchev–Trinajstić information content (AvgIpc) is 2.92. The molecule has 1 fully saturated rings. The summed E-state index contributed by atoms with van der Waals surface area (Å²) in [7, 11) is -3.03. The summed E-state index contributed by atoms with van der Waals surface area (Å²) >= 11 is 7.42. The number of amidine groups is 1. The van der Waals surface area contributed by atoms with E-state index in [2.05, 4.69) is 11.6 Å². The second-order valence-electron chi connectivity index (χ2n) is 5.55. The van der Waals surface area contributed by atoms with Gasteiger partial charge in [0.2, 0.25) is 0 Å². The Kier molecular flexibility index (Phi) is 4.71. The van der Waals surface area contributed by atoms with Crippen LogP contribution in [-0.2, 0) is 15.6 Å². The summed E-state index contributed by atoms with van der Waals surface area (Å²) < 4.78 is 37.4. The molecule has 3 rings (SSSR count). The summed E-state index contributed by atoms with van der Waals surface area (Å²) in [6.45, 7) is 4.24. The largest absolute Gasteiger partial charge is 0.342 e. The highest BCUT2D eigenvalue weighted by Crippen LogP contribution is 2.33. The Labute approximate surface area is 144 Å². The summed E-state index contributed by atoms with van der Waals surface area (Å²) in [5.74, 6) is 0.195. The van der Waals surface area contributed by atoms with Gasteiger partial charge in [-0.2, -0.15) is 0 Å². The van der Waals surface area contributed by atoms with E-state index in [4.69, 9.17) is 11.6 Å². The molecule has 2 atom stereocenters. The van der Waals surface area contributed by atoms with Crippen molar-refractivity contribution in [1.29, 1.82) is 0 Å². The number of nitrogens with zero attached hydrogens (tertiary/aromatic N) is 2. The fraction of sp³-hybridized carbons (Fsp3) is 0.400. The zero-order chi connectivity index (χ0) is 16.6. The van der Waals surface area contributed by atoms with Gasteiger partial charge in [-0.05, 0) is 12.1 Å². The zero-order valence-electron chi connectivity index (χ0n) is 12.3. The van der Waals surface area contributed by atoms with Crippen molar-refractivity contribution in [1.82, 2.24) is 4.90 Å². The summed E-state index contributed by atoms with van der Waals surface area (Å²) in [6.07, 6.45) is 1.72. The molecule has 2 unspecified atom stereocenters. The third kappa shape index (κ3) is 3.41. The van der Waals surface area contributed by atoms with Crippen molar-refractivity contribution >= 4 is 38.4 Å². The first-order valence-corrected chi connectivity index (χ1v) is 10.3. The van der Waals surface area contributed by atoms with Gasteiger partial charge in [0.15, 0.2) is 15.0 Å². The SMILES string of the molecule is C=CCN1C(SCc2c(F)cccc2Cl)=NC2CS(=O)(=O)CC21. The molecular formula is C15H16ClFN2O2S2. The number of fused-ring (bicyclic) bond motifs is 1. The van der Waals surface area contributed by atoms with Crippen molar-refractivity contribution in [2.75, 3.05) is 18.1 Å². The van der Waals surface area contributed by atoms with Gasteiger partial charge in [0.25, 0.3) is 0 Å². The highest BCUT2D eigenvalue weighted by Gasteiger charge is 2.46. The molecule has 0 saturated carbocycles. The van der Waals surface area contributed by atoms with Crippen LogP contribution < -0.4 is 0 Å². The van der Waals surface area contributed by atoms with Gasteiger partial charge in [0.05, 0.1) is 23.6 Å². The average molecular weight is 375 g/mol. The lowest BCUT2D eigenvalue weighted by Gasteiger charge is -2.24. The molecule has 2 heterocycles. The molecule has 1 saturated heterocycles. The van der Waals surface area contributed by atoms with Crippen molar-refractivity contribution in [2.45, 2.75) is 17.8 Å². The number of benzene rings is 1. The Morgan fingerprint density at radius 1 is 1.48 bits per heavy atom. The van der Waals surface area contributed by atoms with E-state index in [9.17, 15) is 12.8 Å². The second-order valence-corrected chi connectivity index (χ2v) is 9.06. The minimum atomic E-state index is -3.03. The molecule has 1 aromatic carbocycles. The molecule has 0 spiro atoms. The molecule has 2 aliphatic heterocycles. The van der Waals surface area contributed by atoms with E-state index in [-0.39, 0.29) is 29.4 Å². The number of rotatable bonds is 4. The molecule has 0 radical (unpaired) electrons. The maximum Gasteiger partial charge on any atom is 0.160 e. The molecule has 0 amide bonds. The maximum absolute atomic E-state index is 13.9. The lowest BCUT2D eigenvalue weighted by Crippen LogP contribution is -2.39. The van der Waals surface area contributed by atoms with Gasteiger partial charge in [-0.25, -0.2) is 12.8 Å². The van der Waals surface area contributed by atoms with Crippen LogP contribution in [0.25, 0.3) is 0 Å². The van der Waals surface area contributed by atoms with Crippen LogP contribution in [0.3, 0.4) is 0 Å². The minimum absolute atomic E-state index is 0.0792. The first-order valence-electron chi connectivity index (χ1n) is 7.13. The summed E-state index contributed by atoms with van der Waals surface area (Å²) in [5, 5.41) is 1.11. The number of halogens is 2. The number of thioether (sulfide) groups is 1. The Morgan fingerprint density at radius 2 is 2.26 bits per heavy atom. The van der Waals surface area contributed by atoms with Gasteiger partial charge < -0.3 is 4.90 Å². The molecule has 2 aliphatic rings.